The van der Waals surface area contributed by atoms with E-state index in [4.69, 9.17) is 0 Å². The standard InChI is InChI=1S/C14H24O2/c1-12(2,11(15)16)10-8-9-6-7-14(10,5)13(9,3)4/h9-10H,6-8H2,1-5H3,(H,15,16)/t9?,10-,14+/m1/s1. The average molecular weight is 224 g/mol. The van der Waals surface area contributed by atoms with Gasteiger partial charge in [-0.05, 0) is 55.8 Å². The molecule has 3 atom stereocenters. The van der Waals surface area contributed by atoms with Crippen LogP contribution in [-0.2, 0) is 4.79 Å². The van der Waals surface area contributed by atoms with Crippen LogP contribution in [0.25, 0.3) is 0 Å². The van der Waals surface area contributed by atoms with Crippen molar-refractivity contribution < 1.29 is 9.90 Å². The van der Waals surface area contributed by atoms with E-state index in [0.29, 0.717) is 11.3 Å². The highest BCUT2D eigenvalue weighted by Gasteiger charge is 2.65. The first kappa shape index (κ1) is 11.9. The van der Waals surface area contributed by atoms with Gasteiger partial charge in [0.2, 0.25) is 0 Å². The van der Waals surface area contributed by atoms with Crippen LogP contribution < -0.4 is 0 Å². The summed E-state index contributed by atoms with van der Waals surface area (Å²) < 4.78 is 0. The number of carboxylic acid groups (broad SMARTS) is 1. The van der Waals surface area contributed by atoms with Crippen molar-refractivity contribution in [3.05, 3.63) is 0 Å². The van der Waals surface area contributed by atoms with E-state index in [9.17, 15) is 9.90 Å². The second-order valence-corrected chi connectivity index (χ2v) is 7.19. The third kappa shape index (κ3) is 1.16. The van der Waals surface area contributed by atoms with Crippen molar-refractivity contribution in [2.24, 2.45) is 28.1 Å². The first-order valence-electron chi connectivity index (χ1n) is 6.37. The molecule has 16 heavy (non-hydrogen) atoms. The van der Waals surface area contributed by atoms with Crippen molar-refractivity contribution in [3.8, 4) is 0 Å². The molecule has 0 amide bonds. The Bertz CT molecular complexity index is 330. The number of hydrogen-bond donors (Lipinski definition) is 1. The van der Waals surface area contributed by atoms with Crippen LogP contribution in [0, 0.1) is 28.1 Å². The van der Waals surface area contributed by atoms with Gasteiger partial charge in [0.1, 0.15) is 0 Å². The molecule has 0 saturated heterocycles. The number of hydrogen-bond acceptors (Lipinski definition) is 1. The Morgan fingerprint density at radius 1 is 1.31 bits per heavy atom. The summed E-state index contributed by atoms with van der Waals surface area (Å²) in [6.07, 6.45) is 3.59. The highest BCUT2D eigenvalue weighted by Crippen LogP contribution is 2.71. The van der Waals surface area contributed by atoms with Crippen molar-refractivity contribution in [3.63, 3.8) is 0 Å². The summed E-state index contributed by atoms with van der Waals surface area (Å²) in [5.74, 6) is 0.412. The molecule has 0 aliphatic heterocycles. The lowest BCUT2D eigenvalue weighted by Crippen LogP contribution is -2.43. The number of carboxylic acids is 1. The molecule has 2 nitrogen and oxygen atoms in total. The zero-order valence-electron chi connectivity index (χ0n) is 11.1. The fourth-order valence-electron chi connectivity index (χ4n) is 4.44. The van der Waals surface area contributed by atoms with Crippen LogP contribution in [0.1, 0.15) is 53.9 Å². The zero-order chi connectivity index (χ0) is 12.4. The molecule has 2 bridgehead atoms. The van der Waals surface area contributed by atoms with E-state index in [1.165, 1.54) is 12.8 Å². The van der Waals surface area contributed by atoms with Crippen LogP contribution >= 0.6 is 0 Å². The molecule has 0 aromatic carbocycles. The van der Waals surface area contributed by atoms with Gasteiger partial charge in [-0.1, -0.05) is 20.8 Å². The highest BCUT2D eigenvalue weighted by molar-refractivity contribution is 5.74. The molecule has 2 heteroatoms. The van der Waals surface area contributed by atoms with Crippen LogP contribution in [0.3, 0.4) is 0 Å². The minimum absolute atomic E-state index is 0.208. The second kappa shape index (κ2) is 3.02. The molecule has 0 radical (unpaired) electrons. The van der Waals surface area contributed by atoms with Gasteiger partial charge < -0.3 is 5.11 Å². The Morgan fingerprint density at radius 3 is 2.19 bits per heavy atom. The summed E-state index contributed by atoms with van der Waals surface area (Å²) in [7, 11) is 0. The molecular weight excluding hydrogens is 200 g/mol. The molecule has 2 aliphatic rings. The molecule has 2 saturated carbocycles. The quantitative estimate of drug-likeness (QED) is 0.778. The maximum absolute atomic E-state index is 11.4. The number of aliphatic carboxylic acids is 1. The lowest BCUT2D eigenvalue weighted by molar-refractivity contribution is -0.154. The van der Waals surface area contributed by atoms with Crippen molar-refractivity contribution in [1.29, 1.82) is 0 Å². The molecule has 2 aliphatic carbocycles. The van der Waals surface area contributed by atoms with Crippen LogP contribution in [0.15, 0.2) is 0 Å². The Balaban J connectivity index is 2.39. The SMILES string of the molecule is CC(C)(C(=O)O)[C@H]1CC2CC[C@]1(C)C2(C)C. The van der Waals surface area contributed by atoms with Gasteiger partial charge in [0.05, 0.1) is 5.41 Å². The summed E-state index contributed by atoms with van der Waals surface area (Å²) >= 11 is 0. The number of rotatable bonds is 2. The van der Waals surface area contributed by atoms with Crippen LogP contribution in [-0.4, -0.2) is 11.1 Å². The van der Waals surface area contributed by atoms with Crippen molar-refractivity contribution in [2.75, 3.05) is 0 Å². The van der Waals surface area contributed by atoms with E-state index < -0.39 is 11.4 Å². The molecule has 2 rings (SSSR count). The van der Waals surface area contributed by atoms with Gasteiger partial charge in [0, 0.05) is 0 Å². The van der Waals surface area contributed by atoms with E-state index >= 15 is 0 Å². The van der Waals surface area contributed by atoms with E-state index in [1.807, 2.05) is 13.8 Å². The average Bonchev–Trinajstić information content (AvgIpc) is 2.48. The predicted octanol–water partition coefficient (Wildman–Crippen LogP) is 3.56. The predicted molar refractivity (Wildman–Crippen MR) is 64.1 cm³/mol. The maximum atomic E-state index is 11.4. The van der Waals surface area contributed by atoms with Gasteiger partial charge in [0.15, 0.2) is 0 Å². The smallest absolute Gasteiger partial charge is 0.309 e. The van der Waals surface area contributed by atoms with Crippen LogP contribution in [0.4, 0.5) is 0 Å². The minimum atomic E-state index is -0.637. The second-order valence-electron chi connectivity index (χ2n) is 7.19. The summed E-state index contributed by atoms with van der Waals surface area (Å²) in [6, 6.07) is 0. The fraction of sp³-hybridized carbons (Fsp3) is 0.929. The fourth-order valence-corrected chi connectivity index (χ4v) is 4.44. The first-order chi connectivity index (χ1) is 7.14. The van der Waals surface area contributed by atoms with E-state index in [1.54, 1.807) is 0 Å². The topological polar surface area (TPSA) is 37.3 Å². The summed E-state index contributed by atoms with van der Waals surface area (Å²) in [5, 5.41) is 9.41. The molecule has 0 spiro atoms. The van der Waals surface area contributed by atoms with Gasteiger partial charge in [-0.2, -0.15) is 0 Å². The Labute approximate surface area is 98.4 Å². The molecule has 0 heterocycles. The van der Waals surface area contributed by atoms with Gasteiger partial charge in [-0.25, -0.2) is 0 Å². The summed E-state index contributed by atoms with van der Waals surface area (Å²) in [6.45, 7) is 10.8. The van der Waals surface area contributed by atoms with E-state index in [2.05, 4.69) is 20.8 Å². The van der Waals surface area contributed by atoms with E-state index in [0.717, 1.165) is 12.3 Å². The molecule has 1 N–H and O–H groups in total. The molecule has 2 fully saturated rings. The maximum Gasteiger partial charge on any atom is 0.309 e. The summed E-state index contributed by atoms with van der Waals surface area (Å²) in [4.78, 5) is 11.4. The monoisotopic (exact) mass is 224 g/mol. The largest absolute Gasteiger partial charge is 0.481 e. The lowest BCUT2D eigenvalue weighted by Gasteiger charge is -2.44. The number of fused-ring (bicyclic) bond motifs is 2. The van der Waals surface area contributed by atoms with Crippen molar-refractivity contribution in [1.82, 2.24) is 0 Å². The zero-order valence-corrected chi connectivity index (χ0v) is 11.1. The summed E-state index contributed by atoms with van der Waals surface area (Å²) in [5.41, 5.74) is -0.0644. The Hall–Kier alpha value is -0.530. The third-order valence-corrected chi connectivity index (χ3v) is 6.22. The van der Waals surface area contributed by atoms with Gasteiger partial charge >= 0.3 is 5.97 Å². The third-order valence-electron chi connectivity index (χ3n) is 6.22. The number of carbonyl (C=O) groups is 1. The van der Waals surface area contributed by atoms with Crippen LogP contribution in [0.5, 0.6) is 0 Å². The van der Waals surface area contributed by atoms with Gasteiger partial charge in [-0.3, -0.25) is 4.79 Å². The highest BCUT2D eigenvalue weighted by atomic mass is 16.4. The van der Waals surface area contributed by atoms with Gasteiger partial charge in [0.25, 0.3) is 0 Å². The van der Waals surface area contributed by atoms with Crippen molar-refractivity contribution >= 4 is 5.97 Å². The van der Waals surface area contributed by atoms with Gasteiger partial charge in [-0.15, -0.1) is 0 Å². The molecule has 92 valence electrons. The first-order valence-corrected chi connectivity index (χ1v) is 6.37. The normalized spacial score (nSPS) is 41.3. The van der Waals surface area contributed by atoms with Crippen molar-refractivity contribution in [2.45, 2.75) is 53.9 Å². The lowest BCUT2D eigenvalue weighted by atomic mass is 9.59. The minimum Gasteiger partial charge on any atom is -0.481 e. The Kier molecular flexibility index (Phi) is 2.26. The molecule has 0 aromatic heterocycles. The molecule has 0 aromatic rings. The molecular formula is C14H24O2. The van der Waals surface area contributed by atoms with Crippen LogP contribution in [0.2, 0.25) is 0 Å². The van der Waals surface area contributed by atoms with E-state index in [-0.39, 0.29) is 5.41 Å². The Morgan fingerprint density at radius 2 is 1.88 bits per heavy atom. The molecule has 1 unspecified atom stereocenters.